The fourth-order valence-corrected chi connectivity index (χ4v) is 3.73. The van der Waals surface area contributed by atoms with E-state index in [1.54, 1.807) is 10.4 Å². The predicted octanol–water partition coefficient (Wildman–Crippen LogP) is 2.86. The van der Waals surface area contributed by atoms with Crippen molar-refractivity contribution < 1.29 is 23.1 Å². The van der Waals surface area contributed by atoms with Gasteiger partial charge in [-0.25, -0.2) is 4.98 Å². The number of halogens is 3. The van der Waals surface area contributed by atoms with Crippen LogP contribution < -0.4 is 0 Å². The van der Waals surface area contributed by atoms with Crippen LogP contribution in [0, 0.1) is 5.41 Å². The van der Waals surface area contributed by atoms with Crippen molar-refractivity contribution in [1.82, 2.24) is 9.88 Å². The molecule has 1 saturated carbocycles. The summed E-state index contributed by atoms with van der Waals surface area (Å²) < 4.78 is 39.4. The number of hydrogen-bond acceptors (Lipinski definition) is 4. The SMILES string of the molecule is O=C(O)C1(C(F)(F)F)CCN(Cc2scnc2C2CC2)C1. The van der Waals surface area contributed by atoms with E-state index in [0.29, 0.717) is 12.5 Å². The highest BCUT2D eigenvalue weighted by atomic mass is 32.1. The molecule has 0 radical (unpaired) electrons. The largest absolute Gasteiger partial charge is 0.481 e. The van der Waals surface area contributed by atoms with Crippen LogP contribution in [-0.4, -0.2) is 40.2 Å². The number of alkyl halides is 3. The second-order valence-corrected chi connectivity index (χ2v) is 6.72. The molecule has 2 fully saturated rings. The average Bonchev–Trinajstić information content (AvgIpc) is 2.96. The number of rotatable bonds is 4. The lowest BCUT2D eigenvalue weighted by Gasteiger charge is -2.27. The van der Waals surface area contributed by atoms with Crippen molar-refractivity contribution in [3.05, 3.63) is 16.1 Å². The first-order valence-electron chi connectivity index (χ1n) is 6.78. The van der Waals surface area contributed by atoms with E-state index in [2.05, 4.69) is 4.98 Å². The molecule has 2 aliphatic rings. The van der Waals surface area contributed by atoms with Gasteiger partial charge in [0.15, 0.2) is 5.41 Å². The Morgan fingerprint density at radius 3 is 2.76 bits per heavy atom. The molecule has 1 aromatic heterocycles. The number of nitrogens with zero attached hydrogens (tertiary/aromatic N) is 2. The Kier molecular flexibility index (Phi) is 3.48. The highest BCUT2D eigenvalue weighted by molar-refractivity contribution is 7.09. The van der Waals surface area contributed by atoms with Gasteiger partial charge in [-0.2, -0.15) is 13.2 Å². The fourth-order valence-electron chi connectivity index (χ4n) is 2.84. The summed E-state index contributed by atoms with van der Waals surface area (Å²) in [5, 5.41) is 9.04. The maximum Gasteiger partial charge on any atom is 0.406 e. The zero-order valence-corrected chi connectivity index (χ0v) is 12.0. The van der Waals surface area contributed by atoms with Gasteiger partial charge < -0.3 is 5.11 Å². The van der Waals surface area contributed by atoms with Crippen molar-refractivity contribution in [2.75, 3.05) is 13.1 Å². The number of carboxylic acids is 1. The molecule has 1 atom stereocenters. The summed E-state index contributed by atoms with van der Waals surface area (Å²) >= 11 is 1.44. The van der Waals surface area contributed by atoms with Gasteiger partial charge in [0.05, 0.1) is 11.2 Å². The van der Waals surface area contributed by atoms with Gasteiger partial charge >= 0.3 is 12.1 Å². The third-order valence-electron chi connectivity index (χ3n) is 4.30. The minimum atomic E-state index is -4.72. The molecule has 1 unspecified atom stereocenters. The third kappa shape index (κ3) is 2.55. The van der Waals surface area contributed by atoms with E-state index < -0.39 is 24.1 Å². The lowest BCUT2D eigenvalue weighted by atomic mass is 9.86. The number of hydrogen-bond donors (Lipinski definition) is 1. The number of thiazole rings is 1. The van der Waals surface area contributed by atoms with Crippen LogP contribution in [0.3, 0.4) is 0 Å². The lowest BCUT2D eigenvalue weighted by Crippen LogP contribution is -2.47. The fraction of sp³-hybridized carbons (Fsp3) is 0.692. The molecule has 0 aromatic carbocycles. The maximum absolute atomic E-state index is 13.1. The molecule has 1 saturated heterocycles. The Balaban J connectivity index is 1.74. The summed E-state index contributed by atoms with van der Waals surface area (Å²) in [6.45, 7) is 0.0310. The molecule has 0 spiro atoms. The third-order valence-corrected chi connectivity index (χ3v) is 5.14. The van der Waals surface area contributed by atoms with E-state index in [-0.39, 0.29) is 13.0 Å². The van der Waals surface area contributed by atoms with E-state index in [9.17, 15) is 18.0 Å². The van der Waals surface area contributed by atoms with Crippen molar-refractivity contribution in [2.45, 2.75) is 37.9 Å². The summed E-state index contributed by atoms with van der Waals surface area (Å²) in [6, 6.07) is 0. The molecule has 3 rings (SSSR count). The van der Waals surface area contributed by atoms with Crippen molar-refractivity contribution in [3.63, 3.8) is 0 Å². The molecule has 4 nitrogen and oxygen atoms in total. The Morgan fingerprint density at radius 1 is 1.52 bits per heavy atom. The molecular weight excluding hydrogens is 305 g/mol. The Labute approximate surface area is 123 Å². The van der Waals surface area contributed by atoms with Crippen LogP contribution >= 0.6 is 11.3 Å². The number of aliphatic carboxylic acids is 1. The Bertz CT molecular complexity index is 556. The number of aromatic nitrogens is 1. The summed E-state index contributed by atoms with van der Waals surface area (Å²) in [6.07, 6.45) is -2.94. The standard InChI is InChI=1S/C13H15F3N2O2S/c14-13(15,16)12(11(19)20)3-4-18(6-12)5-9-10(8-1-2-8)17-7-21-9/h7-8H,1-6H2,(H,19,20). The van der Waals surface area contributed by atoms with Crippen molar-refractivity contribution in [3.8, 4) is 0 Å². The van der Waals surface area contributed by atoms with Crippen LogP contribution in [0.1, 0.15) is 35.8 Å². The average molecular weight is 320 g/mol. The van der Waals surface area contributed by atoms with E-state index in [0.717, 1.165) is 23.4 Å². The zero-order valence-electron chi connectivity index (χ0n) is 11.2. The van der Waals surface area contributed by atoms with Crippen molar-refractivity contribution in [2.24, 2.45) is 5.41 Å². The number of carboxylic acid groups (broad SMARTS) is 1. The number of carbonyl (C=O) groups is 1. The first-order valence-corrected chi connectivity index (χ1v) is 7.66. The van der Waals surface area contributed by atoms with Gasteiger partial charge in [0.25, 0.3) is 0 Å². The molecule has 1 N–H and O–H groups in total. The van der Waals surface area contributed by atoms with Crippen LogP contribution in [0.25, 0.3) is 0 Å². The summed E-state index contributed by atoms with van der Waals surface area (Å²) in [7, 11) is 0. The molecule has 0 bridgehead atoms. The van der Waals surface area contributed by atoms with Gasteiger partial charge in [-0.1, -0.05) is 0 Å². The van der Waals surface area contributed by atoms with Crippen LogP contribution in [0.5, 0.6) is 0 Å². The van der Waals surface area contributed by atoms with Gasteiger partial charge in [0.2, 0.25) is 0 Å². The lowest BCUT2D eigenvalue weighted by molar-refractivity contribution is -0.227. The van der Waals surface area contributed by atoms with Crippen molar-refractivity contribution in [1.29, 1.82) is 0 Å². The van der Waals surface area contributed by atoms with Crippen LogP contribution in [0.15, 0.2) is 5.51 Å². The smallest absolute Gasteiger partial charge is 0.406 e. The second kappa shape index (κ2) is 4.95. The molecule has 1 aliphatic heterocycles. The van der Waals surface area contributed by atoms with E-state index in [1.165, 1.54) is 11.3 Å². The van der Waals surface area contributed by atoms with Gasteiger partial charge in [0, 0.05) is 30.4 Å². The molecule has 2 heterocycles. The van der Waals surface area contributed by atoms with E-state index in [1.807, 2.05) is 0 Å². The van der Waals surface area contributed by atoms with Crippen molar-refractivity contribution >= 4 is 17.3 Å². The highest BCUT2D eigenvalue weighted by Gasteiger charge is 2.63. The first-order chi connectivity index (χ1) is 9.83. The van der Waals surface area contributed by atoms with Crippen LogP contribution in [-0.2, 0) is 11.3 Å². The Morgan fingerprint density at radius 2 is 2.24 bits per heavy atom. The maximum atomic E-state index is 13.1. The molecule has 21 heavy (non-hydrogen) atoms. The predicted molar refractivity (Wildman–Crippen MR) is 70.1 cm³/mol. The summed E-state index contributed by atoms with van der Waals surface area (Å²) in [5.74, 6) is -1.33. The Hall–Kier alpha value is -1.15. The normalized spacial score (nSPS) is 27.2. The molecule has 116 valence electrons. The summed E-state index contributed by atoms with van der Waals surface area (Å²) in [5.41, 5.74) is 0.0739. The molecule has 8 heteroatoms. The van der Waals surface area contributed by atoms with Crippen LogP contribution in [0.4, 0.5) is 13.2 Å². The van der Waals surface area contributed by atoms with E-state index in [4.69, 9.17) is 5.11 Å². The van der Waals surface area contributed by atoms with E-state index >= 15 is 0 Å². The van der Waals surface area contributed by atoms with Gasteiger partial charge in [-0.3, -0.25) is 9.69 Å². The molecular formula is C13H15F3N2O2S. The second-order valence-electron chi connectivity index (χ2n) is 5.78. The summed E-state index contributed by atoms with van der Waals surface area (Å²) in [4.78, 5) is 18.0. The molecule has 0 amide bonds. The first kappa shape index (κ1) is 14.8. The van der Waals surface area contributed by atoms with Gasteiger partial charge in [-0.15, -0.1) is 11.3 Å². The van der Waals surface area contributed by atoms with Gasteiger partial charge in [-0.05, 0) is 19.3 Å². The molecule has 1 aliphatic carbocycles. The zero-order chi connectivity index (χ0) is 15.3. The van der Waals surface area contributed by atoms with Gasteiger partial charge in [0.1, 0.15) is 0 Å². The quantitative estimate of drug-likeness (QED) is 0.927. The number of likely N-dealkylation sites (tertiary alicyclic amines) is 1. The topological polar surface area (TPSA) is 53.4 Å². The minimum Gasteiger partial charge on any atom is -0.481 e. The monoisotopic (exact) mass is 320 g/mol. The minimum absolute atomic E-state index is 0.147. The van der Waals surface area contributed by atoms with Crippen LogP contribution in [0.2, 0.25) is 0 Å². The molecule has 1 aromatic rings. The highest BCUT2D eigenvalue weighted by Crippen LogP contribution is 2.47.